The van der Waals surface area contributed by atoms with Crippen LogP contribution in [0.5, 0.6) is 11.5 Å². The number of amides is 1. The van der Waals surface area contributed by atoms with Gasteiger partial charge in [-0.3, -0.25) is 9.78 Å². The molecule has 0 fully saturated rings. The lowest BCUT2D eigenvalue weighted by atomic mass is 10.1. The second-order valence-corrected chi connectivity index (χ2v) is 6.06. The van der Waals surface area contributed by atoms with Gasteiger partial charge in [0.15, 0.2) is 0 Å². The van der Waals surface area contributed by atoms with Crippen LogP contribution in [0, 0.1) is 11.6 Å². The Morgan fingerprint density at radius 3 is 2.43 bits per heavy atom. The van der Waals surface area contributed by atoms with Gasteiger partial charge in [-0.15, -0.1) is 0 Å². The van der Waals surface area contributed by atoms with Crippen LogP contribution < -0.4 is 10.1 Å². The summed E-state index contributed by atoms with van der Waals surface area (Å²) >= 11 is 0. The molecule has 0 aliphatic carbocycles. The van der Waals surface area contributed by atoms with Crippen LogP contribution >= 0.6 is 0 Å². The fourth-order valence-corrected chi connectivity index (χ4v) is 2.56. The molecule has 6 heteroatoms. The number of aromatic nitrogens is 1. The van der Waals surface area contributed by atoms with Gasteiger partial charge in [-0.05, 0) is 55.0 Å². The van der Waals surface area contributed by atoms with E-state index in [1.54, 1.807) is 37.5 Å². The Hall–Kier alpha value is -3.54. The number of hydrogen-bond acceptors (Lipinski definition) is 3. The maximum absolute atomic E-state index is 13.6. The van der Waals surface area contributed by atoms with Crippen LogP contribution in [-0.2, 0) is 4.79 Å². The fraction of sp³-hybridized carbons (Fsp3) is 0.0909. The van der Waals surface area contributed by atoms with Gasteiger partial charge in [0.1, 0.15) is 23.1 Å². The Kier molecular flexibility index (Phi) is 6.11. The highest BCUT2D eigenvalue weighted by Crippen LogP contribution is 2.24. The Morgan fingerprint density at radius 1 is 1.04 bits per heavy atom. The summed E-state index contributed by atoms with van der Waals surface area (Å²) in [5.41, 5.74) is 0.573. The van der Waals surface area contributed by atoms with Crippen LogP contribution in [0.15, 0.2) is 73.1 Å². The zero-order valence-corrected chi connectivity index (χ0v) is 15.1. The molecular formula is C22H18F2N2O2. The highest BCUT2D eigenvalue weighted by atomic mass is 19.1. The van der Waals surface area contributed by atoms with E-state index >= 15 is 0 Å². The normalized spacial score (nSPS) is 12.0. The van der Waals surface area contributed by atoms with Crippen molar-refractivity contribution in [2.24, 2.45) is 0 Å². The number of pyridine rings is 1. The molecule has 0 unspecified atom stereocenters. The maximum atomic E-state index is 13.6. The maximum Gasteiger partial charge on any atom is 0.244 e. The van der Waals surface area contributed by atoms with E-state index in [0.717, 1.165) is 29.8 Å². The molecule has 0 radical (unpaired) electrons. The lowest BCUT2D eigenvalue weighted by Gasteiger charge is -2.14. The van der Waals surface area contributed by atoms with Crippen LogP contribution in [0.25, 0.3) is 6.08 Å². The van der Waals surface area contributed by atoms with E-state index in [2.05, 4.69) is 10.3 Å². The molecule has 1 N–H and O–H groups in total. The number of benzene rings is 2. The first kappa shape index (κ1) is 19.2. The summed E-state index contributed by atoms with van der Waals surface area (Å²) in [5.74, 6) is -0.640. The minimum atomic E-state index is -0.724. The topological polar surface area (TPSA) is 51.2 Å². The summed E-state index contributed by atoms with van der Waals surface area (Å²) in [6, 6.07) is 14.0. The number of carbonyl (C=O) groups excluding carboxylic acids is 1. The van der Waals surface area contributed by atoms with E-state index in [9.17, 15) is 13.6 Å². The lowest BCUT2D eigenvalue weighted by Crippen LogP contribution is -2.24. The third kappa shape index (κ3) is 5.01. The van der Waals surface area contributed by atoms with Crippen LogP contribution in [0.3, 0.4) is 0 Å². The molecule has 1 heterocycles. The largest absolute Gasteiger partial charge is 0.457 e. The van der Waals surface area contributed by atoms with Gasteiger partial charge in [0.2, 0.25) is 5.91 Å². The van der Waals surface area contributed by atoms with E-state index in [4.69, 9.17) is 4.74 Å². The van der Waals surface area contributed by atoms with Crippen LogP contribution in [-0.4, -0.2) is 10.9 Å². The molecule has 1 amide bonds. The van der Waals surface area contributed by atoms with Crippen molar-refractivity contribution in [2.75, 3.05) is 0 Å². The molecule has 3 aromatic rings. The number of ether oxygens (including phenoxy) is 1. The molecule has 0 saturated carbocycles. The number of nitrogens with zero attached hydrogens (tertiary/aromatic N) is 1. The molecule has 0 aliphatic rings. The molecule has 0 aliphatic heterocycles. The molecule has 1 atom stereocenters. The Bertz CT molecular complexity index is 971. The zero-order valence-electron chi connectivity index (χ0n) is 15.1. The van der Waals surface area contributed by atoms with Crippen molar-refractivity contribution in [3.8, 4) is 11.5 Å². The number of carbonyl (C=O) groups is 1. The van der Waals surface area contributed by atoms with Gasteiger partial charge in [-0.1, -0.05) is 18.2 Å². The summed E-state index contributed by atoms with van der Waals surface area (Å²) < 4.78 is 33.0. The van der Waals surface area contributed by atoms with Crippen LogP contribution in [0.4, 0.5) is 8.78 Å². The van der Waals surface area contributed by atoms with Gasteiger partial charge in [-0.25, -0.2) is 8.78 Å². The van der Waals surface area contributed by atoms with Crippen molar-refractivity contribution in [2.45, 2.75) is 13.0 Å². The van der Waals surface area contributed by atoms with Crippen molar-refractivity contribution >= 4 is 12.0 Å². The molecule has 2 aromatic carbocycles. The van der Waals surface area contributed by atoms with Gasteiger partial charge in [0.05, 0.1) is 6.04 Å². The predicted octanol–water partition coefficient (Wildman–Crippen LogP) is 5.04. The van der Waals surface area contributed by atoms with Crippen molar-refractivity contribution in [1.82, 2.24) is 10.3 Å². The predicted molar refractivity (Wildman–Crippen MR) is 103 cm³/mol. The first-order valence-electron chi connectivity index (χ1n) is 8.63. The second kappa shape index (κ2) is 8.90. The summed E-state index contributed by atoms with van der Waals surface area (Å²) in [4.78, 5) is 16.1. The Morgan fingerprint density at radius 2 is 1.71 bits per heavy atom. The number of rotatable bonds is 6. The molecule has 0 saturated heterocycles. The van der Waals surface area contributed by atoms with Crippen molar-refractivity contribution in [3.63, 3.8) is 0 Å². The SMILES string of the molecule is C[C@H](NC(=O)/C=C/c1c(F)cccc1F)c1cccc(Oc2ccncc2)c1. The van der Waals surface area contributed by atoms with E-state index in [1.807, 2.05) is 18.2 Å². The minimum absolute atomic E-state index is 0.252. The van der Waals surface area contributed by atoms with E-state index in [0.29, 0.717) is 11.5 Å². The zero-order chi connectivity index (χ0) is 19.9. The first-order valence-corrected chi connectivity index (χ1v) is 8.63. The molecule has 142 valence electrons. The summed E-state index contributed by atoms with van der Waals surface area (Å²) in [6.45, 7) is 1.81. The third-order valence-electron chi connectivity index (χ3n) is 4.00. The van der Waals surface area contributed by atoms with Crippen LogP contribution in [0.2, 0.25) is 0 Å². The van der Waals surface area contributed by atoms with Crippen molar-refractivity contribution < 1.29 is 18.3 Å². The summed E-state index contributed by atoms with van der Waals surface area (Å²) in [5, 5.41) is 2.76. The fourth-order valence-electron chi connectivity index (χ4n) is 2.56. The molecule has 28 heavy (non-hydrogen) atoms. The van der Waals surface area contributed by atoms with Gasteiger partial charge in [0, 0.05) is 24.0 Å². The average molecular weight is 380 g/mol. The van der Waals surface area contributed by atoms with Crippen LogP contribution in [0.1, 0.15) is 24.1 Å². The van der Waals surface area contributed by atoms with Gasteiger partial charge >= 0.3 is 0 Å². The second-order valence-electron chi connectivity index (χ2n) is 6.06. The van der Waals surface area contributed by atoms with Crippen molar-refractivity contribution in [1.29, 1.82) is 0 Å². The highest BCUT2D eigenvalue weighted by Gasteiger charge is 2.10. The van der Waals surface area contributed by atoms with E-state index in [1.165, 1.54) is 6.07 Å². The number of nitrogens with one attached hydrogen (secondary N) is 1. The highest BCUT2D eigenvalue weighted by molar-refractivity contribution is 5.92. The Labute approximate surface area is 161 Å². The number of halogens is 2. The quantitative estimate of drug-likeness (QED) is 0.610. The number of hydrogen-bond donors (Lipinski definition) is 1. The van der Waals surface area contributed by atoms with E-state index in [-0.39, 0.29) is 11.6 Å². The smallest absolute Gasteiger partial charge is 0.244 e. The molecule has 1 aromatic heterocycles. The molecule has 0 bridgehead atoms. The molecule has 0 spiro atoms. The van der Waals surface area contributed by atoms with Gasteiger partial charge < -0.3 is 10.1 Å². The summed E-state index contributed by atoms with van der Waals surface area (Å²) in [6.07, 6.45) is 5.49. The third-order valence-corrected chi connectivity index (χ3v) is 4.00. The van der Waals surface area contributed by atoms with Gasteiger partial charge in [-0.2, -0.15) is 0 Å². The van der Waals surface area contributed by atoms with Gasteiger partial charge in [0.25, 0.3) is 0 Å². The van der Waals surface area contributed by atoms with E-state index < -0.39 is 17.5 Å². The minimum Gasteiger partial charge on any atom is -0.457 e. The molecular weight excluding hydrogens is 362 g/mol. The van der Waals surface area contributed by atoms with Crippen molar-refractivity contribution in [3.05, 3.63) is 95.8 Å². The molecule has 3 rings (SSSR count). The summed E-state index contributed by atoms with van der Waals surface area (Å²) in [7, 11) is 0. The standard InChI is InChI=1S/C22H18F2N2O2/c1-15(26-22(27)9-8-19-20(23)6-3-7-21(19)24)16-4-2-5-18(14-16)28-17-10-12-25-13-11-17/h2-15H,1H3,(H,26,27)/b9-8+/t15-/m0/s1. The monoisotopic (exact) mass is 380 g/mol. The average Bonchev–Trinajstić information content (AvgIpc) is 2.68. The molecule has 4 nitrogen and oxygen atoms in total. The first-order chi connectivity index (χ1) is 13.5. The Balaban J connectivity index is 1.65. The lowest BCUT2D eigenvalue weighted by molar-refractivity contribution is -0.117.